The van der Waals surface area contributed by atoms with Crippen molar-refractivity contribution in [3.05, 3.63) is 54.4 Å². The van der Waals surface area contributed by atoms with Crippen molar-refractivity contribution >= 4 is 28.5 Å². The third-order valence-corrected chi connectivity index (χ3v) is 4.73. The Labute approximate surface area is 157 Å². The van der Waals surface area contributed by atoms with Crippen LogP contribution in [-0.4, -0.2) is 44.6 Å². The van der Waals surface area contributed by atoms with E-state index in [-0.39, 0.29) is 18.4 Å². The Bertz CT molecular complexity index is 961. The van der Waals surface area contributed by atoms with E-state index in [1.807, 2.05) is 29.2 Å². The number of amides is 2. The lowest BCUT2D eigenvalue weighted by atomic mass is 10.1. The Morgan fingerprint density at radius 2 is 1.78 bits per heavy atom. The molecule has 0 bridgehead atoms. The number of hydrogen-bond donors (Lipinski definition) is 1. The van der Waals surface area contributed by atoms with Gasteiger partial charge in [-0.3, -0.25) is 14.3 Å². The van der Waals surface area contributed by atoms with E-state index in [0.29, 0.717) is 11.5 Å². The van der Waals surface area contributed by atoms with E-state index in [9.17, 15) is 9.59 Å². The molecule has 138 valence electrons. The molecule has 1 saturated heterocycles. The van der Waals surface area contributed by atoms with E-state index in [2.05, 4.69) is 15.4 Å². The van der Waals surface area contributed by atoms with Gasteiger partial charge in [-0.2, -0.15) is 5.10 Å². The first kappa shape index (κ1) is 17.2. The number of aromatic nitrogens is 3. The molecule has 1 N–H and O–H groups in total. The van der Waals surface area contributed by atoms with E-state index in [0.717, 1.165) is 43.3 Å². The smallest absolute Gasteiger partial charge is 0.275 e. The van der Waals surface area contributed by atoms with Crippen molar-refractivity contribution in [2.75, 3.05) is 18.4 Å². The highest BCUT2D eigenvalue weighted by Gasteiger charge is 2.24. The number of hydrogen-bond acceptors (Lipinski definition) is 4. The van der Waals surface area contributed by atoms with Crippen LogP contribution in [0.2, 0.25) is 0 Å². The molecule has 0 atom stereocenters. The van der Waals surface area contributed by atoms with Crippen molar-refractivity contribution in [2.24, 2.45) is 0 Å². The number of nitrogens with one attached hydrogen (secondary N) is 1. The number of fused-ring (bicyclic) bond motifs is 1. The first-order valence-electron chi connectivity index (χ1n) is 9.18. The molecule has 4 rings (SSSR count). The lowest BCUT2D eigenvalue weighted by molar-refractivity contribution is -0.116. The Balaban J connectivity index is 1.59. The van der Waals surface area contributed by atoms with Gasteiger partial charge in [0.05, 0.1) is 5.52 Å². The van der Waals surface area contributed by atoms with Crippen molar-refractivity contribution in [1.82, 2.24) is 19.7 Å². The second-order valence-corrected chi connectivity index (χ2v) is 6.64. The van der Waals surface area contributed by atoms with Crippen LogP contribution < -0.4 is 5.32 Å². The fraction of sp³-hybridized carbons (Fsp3) is 0.300. The molecule has 7 nitrogen and oxygen atoms in total. The molecule has 0 radical (unpaired) electrons. The van der Waals surface area contributed by atoms with Gasteiger partial charge in [-0.15, -0.1) is 0 Å². The van der Waals surface area contributed by atoms with E-state index in [1.54, 1.807) is 29.1 Å². The summed E-state index contributed by atoms with van der Waals surface area (Å²) < 4.78 is 1.59. The van der Waals surface area contributed by atoms with Crippen molar-refractivity contribution in [3.8, 4) is 0 Å². The van der Waals surface area contributed by atoms with Gasteiger partial charge >= 0.3 is 0 Å². The fourth-order valence-electron chi connectivity index (χ4n) is 3.41. The molecule has 27 heavy (non-hydrogen) atoms. The zero-order valence-corrected chi connectivity index (χ0v) is 15.0. The minimum Gasteiger partial charge on any atom is -0.337 e. The van der Waals surface area contributed by atoms with E-state index in [1.165, 1.54) is 0 Å². The molecule has 0 unspecified atom stereocenters. The van der Waals surface area contributed by atoms with Gasteiger partial charge in [-0.1, -0.05) is 24.3 Å². The van der Waals surface area contributed by atoms with Gasteiger partial charge in [0.25, 0.3) is 5.91 Å². The predicted molar refractivity (Wildman–Crippen MR) is 102 cm³/mol. The summed E-state index contributed by atoms with van der Waals surface area (Å²) in [6, 6.07) is 12.8. The largest absolute Gasteiger partial charge is 0.337 e. The first-order valence-corrected chi connectivity index (χ1v) is 9.18. The maximum atomic E-state index is 12.9. The summed E-state index contributed by atoms with van der Waals surface area (Å²) in [5.74, 6) is 0.192. The number of rotatable bonds is 4. The van der Waals surface area contributed by atoms with Crippen LogP contribution in [0.25, 0.3) is 10.9 Å². The zero-order valence-electron chi connectivity index (χ0n) is 15.0. The quantitative estimate of drug-likeness (QED) is 0.773. The summed E-state index contributed by atoms with van der Waals surface area (Å²) in [5.41, 5.74) is 1.19. The topological polar surface area (TPSA) is 80.1 Å². The maximum Gasteiger partial charge on any atom is 0.275 e. The standard InChI is InChI=1S/C20H21N5O2/c26-18(22-17-10-4-5-11-21-17)14-25-16-9-3-2-8-15(16)19(23-25)20(27)24-12-6-1-7-13-24/h2-5,8-11H,1,6-7,12-14H2,(H,21,22,26). The predicted octanol–water partition coefficient (Wildman–Crippen LogP) is 2.70. The number of anilines is 1. The molecule has 0 saturated carbocycles. The SMILES string of the molecule is O=C(Cn1nc(C(=O)N2CCCCC2)c2ccccc21)Nc1ccccn1. The Morgan fingerprint density at radius 3 is 2.56 bits per heavy atom. The van der Waals surface area contributed by atoms with Crippen LogP contribution in [0.5, 0.6) is 0 Å². The molecule has 1 fully saturated rings. The highest BCUT2D eigenvalue weighted by atomic mass is 16.2. The third kappa shape index (κ3) is 3.67. The summed E-state index contributed by atoms with van der Waals surface area (Å²) in [7, 11) is 0. The minimum atomic E-state index is -0.237. The minimum absolute atomic E-state index is 0.0182. The molecule has 1 aliphatic heterocycles. The number of pyridine rings is 1. The van der Waals surface area contributed by atoms with E-state index < -0.39 is 0 Å². The van der Waals surface area contributed by atoms with Gasteiger partial charge in [-0.25, -0.2) is 4.98 Å². The van der Waals surface area contributed by atoms with Gasteiger partial charge < -0.3 is 10.2 Å². The molecule has 0 spiro atoms. The average Bonchev–Trinajstić information content (AvgIpc) is 3.07. The molecule has 2 amide bonds. The van der Waals surface area contributed by atoms with Crippen molar-refractivity contribution in [3.63, 3.8) is 0 Å². The number of piperidine rings is 1. The molecule has 1 aromatic carbocycles. The van der Waals surface area contributed by atoms with Crippen LogP contribution in [0.3, 0.4) is 0 Å². The Hall–Kier alpha value is -3.22. The lowest BCUT2D eigenvalue weighted by Gasteiger charge is -2.25. The summed E-state index contributed by atoms with van der Waals surface area (Å²) in [5, 5.41) is 8.02. The summed E-state index contributed by atoms with van der Waals surface area (Å²) in [6.07, 6.45) is 4.83. The summed E-state index contributed by atoms with van der Waals surface area (Å²) >= 11 is 0. The molecular weight excluding hydrogens is 342 g/mol. The molecule has 1 aliphatic rings. The lowest BCUT2D eigenvalue weighted by Crippen LogP contribution is -2.36. The number of para-hydroxylation sites is 1. The molecule has 3 heterocycles. The summed E-state index contributed by atoms with van der Waals surface area (Å²) in [4.78, 5) is 31.3. The van der Waals surface area contributed by atoms with Gasteiger partial charge in [-0.05, 0) is 37.5 Å². The normalized spacial score (nSPS) is 14.3. The van der Waals surface area contributed by atoms with E-state index in [4.69, 9.17) is 0 Å². The Kier molecular flexibility index (Phi) is 4.82. The number of carbonyl (C=O) groups is 2. The molecule has 7 heteroatoms. The van der Waals surface area contributed by atoms with Crippen LogP contribution >= 0.6 is 0 Å². The highest BCUT2D eigenvalue weighted by molar-refractivity contribution is 6.05. The van der Waals surface area contributed by atoms with E-state index >= 15 is 0 Å². The van der Waals surface area contributed by atoms with Crippen molar-refractivity contribution in [2.45, 2.75) is 25.8 Å². The Morgan fingerprint density at radius 1 is 1.00 bits per heavy atom. The van der Waals surface area contributed by atoms with Crippen LogP contribution in [0.4, 0.5) is 5.82 Å². The summed E-state index contributed by atoms with van der Waals surface area (Å²) in [6.45, 7) is 1.55. The highest BCUT2D eigenvalue weighted by Crippen LogP contribution is 2.21. The zero-order chi connectivity index (χ0) is 18.6. The van der Waals surface area contributed by atoms with Gasteiger partial charge in [0.2, 0.25) is 5.91 Å². The second-order valence-electron chi connectivity index (χ2n) is 6.64. The number of benzene rings is 1. The average molecular weight is 363 g/mol. The van der Waals surface area contributed by atoms with Crippen LogP contribution in [0.1, 0.15) is 29.8 Å². The first-order chi connectivity index (χ1) is 13.2. The third-order valence-electron chi connectivity index (χ3n) is 4.73. The molecular formula is C20H21N5O2. The van der Waals surface area contributed by atoms with Crippen LogP contribution in [0.15, 0.2) is 48.7 Å². The van der Waals surface area contributed by atoms with Crippen LogP contribution in [0, 0.1) is 0 Å². The maximum absolute atomic E-state index is 12.9. The van der Waals surface area contributed by atoms with Gasteiger partial charge in [0.15, 0.2) is 5.69 Å². The van der Waals surface area contributed by atoms with Crippen LogP contribution in [-0.2, 0) is 11.3 Å². The van der Waals surface area contributed by atoms with Gasteiger partial charge in [0.1, 0.15) is 12.4 Å². The number of likely N-dealkylation sites (tertiary alicyclic amines) is 1. The van der Waals surface area contributed by atoms with Crippen molar-refractivity contribution in [1.29, 1.82) is 0 Å². The number of carbonyl (C=O) groups excluding carboxylic acids is 2. The number of nitrogens with zero attached hydrogens (tertiary/aromatic N) is 4. The second kappa shape index (κ2) is 7.57. The monoisotopic (exact) mass is 363 g/mol. The fourth-order valence-corrected chi connectivity index (χ4v) is 3.41. The van der Waals surface area contributed by atoms with Gasteiger partial charge in [0, 0.05) is 24.7 Å². The molecule has 3 aromatic rings. The van der Waals surface area contributed by atoms with Crippen molar-refractivity contribution < 1.29 is 9.59 Å². The molecule has 0 aliphatic carbocycles. The molecule has 2 aromatic heterocycles.